The SMILES string of the molecule is CC(Oc1ccccc1/C=C1\SC(=S)N(CCS(=O)(=O)O)C1=O)C(=O)O. The number of amides is 1. The predicted molar refractivity (Wildman–Crippen MR) is 100 cm³/mol. The first kappa shape index (κ1) is 20.4. The Bertz CT molecular complexity index is 879. The Morgan fingerprint density at radius 2 is 2.08 bits per heavy atom. The lowest BCUT2D eigenvalue weighted by atomic mass is 10.2. The van der Waals surface area contributed by atoms with Gasteiger partial charge in [-0.2, -0.15) is 8.42 Å². The molecular formula is C15H15NO7S3. The highest BCUT2D eigenvalue weighted by Gasteiger charge is 2.32. The molecule has 0 bridgehead atoms. The molecule has 0 radical (unpaired) electrons. The third kappa shape index (κ3) is 5.27. The lowest BCUT2D eigenvalue weighted by molar-refractivity contribution is -0.144. The first-order chi connectivity index (χ1) is 12.1. The van der Waals surface area contributed by atoms with Crippen molar-refractivity contribution in [1.82, 2.24) is 4.90 Å². The summed E-state index contributed by atoms with van der Waals surface area (Å²) in [6, 6.07) is 6.58. The Morgan fingerprint density at radius 3 is 2.69 bits per heavy atom. The zero-order valence-electron chi connectivity index (χ0n) is 13.5. The molecule has 1 fully saturated rings. The Morgan fingerprint density at radius 1 is 1.42 bits per heavy atom. The Labute approximate surface area is 159 Å². The molecule has 140 valence electrons. The third-order valence-corrected chi connectivity index (χ3v) is 5.38. The molecular weight excluding hydrogens is 402 g/mol. The summed E-state index contributed by atoms with van der Waals surface area (Å²) in [5.74, 6) is -1.96. The first-order valence-corrected chi connectivity index (χ1v) is 10.1. The van der Waals surface area contributed by atoms with Crippen molar-refractivity contribution >= 4 is 56.4 Å². The van der Waals surface area contributed by atoms with E-state index in [2.05, 4.69) is 0 Å². The van der Waals surface area contributed by atoms with Crippen molar-refractivity contribution in [2.75, 3.05) is 12.3 Å². The molecule has 1 aliphatic heterocycles. The standard InChI is InChI=1S/C15H15NO7S3/c1-9(14(18)19)23-11-5-3-2-4-10(11)8-12-13(17)16(15(24)25-12)6-7-26(20,21)22/h2-5,8-9H,6-7H2,1H3,(H,18,19)(H,20,21,22)/b12-8-. The number of carboxylic acids is 1. The van der Waals surface area contributed by atoms with Crippen LogP contribution in [0.4, 0.5) is 0 Å². The highest BCUT2D eigenvalue weighted by molar-refractivity contribution is 8.26. The van der Waals surface area contributed by atoms with Crippen LogP contribution in [-0.4, -0.2) is 57.6 Å². The smallest absolute Gasteiger partial charge is 0.344 e. The maximum atomic E-state index is 12.4. The largest absolute Gasteiger partial charge is 0.479 e. The lowest BCUT2D eigenvalue weighted by Gasteiger charge is -2.13. The van der Waals surface area contributed by atoms with E-state index in [1.807, 2.05) is 0 Å². The Balaban J connectivity index is 2.24. The number of thiocarbonyl (C=S) groups is 1. The molecule has 2 N–H and O–H groups in total. The summed E-state index contributed by atoms with van der Waals surface area (Å²) in [6.45, 7) is 1.13. The minimum Gasteiger partial charge on any atom is -0.479 e. The van der Waals surface area contributed by atoms with Crippen LogP contribution < -0.4 is 4.74 Å². The van der Waals surface area contributed by atoms with E-state index in [0.29, 0.717) is 5.56 Å². The van der Waals surface area contributed by atoms with Crippen molar-refractivity contribution < 1.29 is 32.4 Å². The minimum absolute atomic E-state index is 0.169. The van der Waals surface area contributed by atoms with Gasteiger partial charge in [-0.25, -0.2) is 4.79 Å². The van der Waals surface area contributed by atoms with Crippen LogP contribution in [-0.2, 0) is 19.7 Å². The predicted octanol–water partition coefficient (Wildman–Crippen LogP) is 1.63. The molecule has 0 spiro atoms. The van der Waals surface area contributed by atoms with E-state index < -0.39 is 33.9 Å². The number of carbonyl (C=O) groups excluding carboxylic acids is 1. The number of rotatable bonds is 7. The van der Waals surface area contributed by atoms with E-state index in [1.54, 1.807) is 24.3 Å². The molecule has 0 aromatic heterocycles. The van der Waals surface area contributed by atoms with Gasteiger partial charge < -0.3 is 9.84 Å². The van der Waals surface area contributed by atoms with Crippen LogP contribution >= 0.6 is 24.0 Å². The second kappa shape index (κ2) is 8.16. The quantitative estimate of drug-likeness (QED) is 0.387. The second-order valence-corrected chi connectivity index (χ2v) is 8.50. The molecule has 1 aliphatic rings. The number of hydrogen-bond acceptors (Lipinski definition) is 7. The minimum atomic E-state index is -4.22. The van der Waals surface area contributed by atoms with Gasteiger partial charge in [0.2, 0.25) is 0 Å². The summed E-state index contributed by atoms with van der Waals surface area (Å²) < 4.78 is 36.1. The topological polar surface area (TPSA) is 121 Å². The van der Waals surface area contributed by atoms with Crippen molar-refractivity contribution in [1.29, 1.82) is 0 Å². The molecule has 1 heterocycles. The van der Waals surface area contributed by atoms with Crippen molar-refractivity contribution in [3.05, 3.63) is 34.7 Å². The normalized spacial score (nSPS) is 17.6. The van der Waals surface area contributed by atoms with E-state index in [1.165, 1.54) is 13.0 Å². The molecule has 26 heavy (non-hydrogen) atoms. The highest BCUT2D eigenvalue weighted by atomic mass is 32.2. The number of aliphatic carboxylic acids is 1. The van der Waals surface area contributed by atoms with Crippen molar-refractivity contribution in [2.24, 2.45) is 0 Å². The van der Waals surface area contributed by atoms with Crippen LogP contribution in [0, 0.1) is 0 Å². The van der Waals surface area contributed by atoms with Gasteiger partial charge in [0, 0.05) is 12.1 Å². The summed E-state index contributed by atoms with van der Waals surface area (Å²) in [6.07, 6.45) is 0.422. The molecule has 1 atom stereocenters. The maximum Gasteiger partial charge on any atom is 0.344 e. The maximum absolute atomic E-state index is 12.4. The van der Waals surface area contributed by atoms with Crippen LogP contribution in [0.15, 0.2) is 29.2 Å². The Hall–Kier alpha value is -1.95. The van der Waals surface area contributed by atoms with E-state index in [9.17, 15) is 18.0 Å². The van der Waals surface area contributed by atoms with Gasteiger partial charge >= 0.3 is 5.97 Å². The second-order valence-electron chi connectivity index (χ2n) is 5.26. The van der Waals surface area contributed by atoms with Crippen LogP contribution in [0.1, 0.15) is 12.5 Å². The molecule has 1 aromatic rings. The molecule has 1 amide bonds. The van der Waals surface area contributed by atoms with Crippen LogP contribution in [0.5, 0.6) is 5.75 Å². The average molecular weight is 417 g/mol. The summed E-state index contributed by atoms with van der Waals surface area (Å²) >= 11 is 6.06. The number of para-hydroxylation sites is 1. The summed E-state index contributed by atoms with van der Waals surface area (Å²) in [5, 5.41) is 8.96. The number of benzene rings is 1. The van der Waals surface area contributed by atoms with Crippen molar-refractivity contribution in [3.63, 3.8) is 0 Å². The van der Waals surface area contributed by atoms with E-state index in [-0.39, 0.29) is 21.5 Å². The fraction of sp³-hybridized carbons (Fsp3) is 0.267. The van der Waals surface area contributed by atoms with Gasteiger partial charge in [0.25, 0.3) is 16.0 Å². The zero-order chi connectivity index (χ0) is 19.5. The summed E-state index contributed by atoms with van der Waals surface area (Å²) in [5.41, 5.74) is 0.482. The molecule has 1 unspecified atom stereocenters. The van der Waals surface area contributed by atoms with E-state index >= 15 is 0 Å². The number of hydrogen-bond donors (Lipinski definition) is 2. The Kier molecular flexibility index (Phi) is 6.39. The molecule has 0 aliphatic carbocycles. The van der Waals surface area contributed by atoms with Crippen molar-refractivity contribution in [2.45, 2.75) is 13.0 Å². The number of ether oxygens (including phenoxy) is 1. The number of nitrogens with zero attached hydrogens (tertiary/aromatic N) is 1. The number of carboxylic acid groups (broad SMARTS) is 1. The van der Waals surface area contributed by atoms with Gasteiger partial charge in [-0.05, 0) is 19.1 Å². The monoisotopic (exact) mass is 417 g/mol. The molecule has 8 nitrogen and oxygen atoms in total. The average Bonchev–Trinajstić information content (AvgIpc) is 2.80. The van der Waals surface area contributed by atoms with Gasteiger partial charge in [0.1, 0.15) is 10.1 Å². The van der Waals surface area contributed by atoms with Gasteiger partial charge in [-0.15, -0.1) is 0 Å². The zero-order valence-corrected chi connectivity index (χ0v) is 15.9. The van der Waals surface area contributed by atoms with Gasteiger partial charge in [0.05, 0.1) is 10.7 Å². The summed E-state index contributed by atoms with van der Waals surface area (Å²) in [4.78, 5) is 24.7. The number of thioether (sulfide) groups is 1. The molecule has 1 saturated heterocycles. The highest BCUT2D eigenvalue weighted by Crippen LogP contribution is 2.34. The van der Waals surface area contributed by atoms with Gasteiger partial charge in [0.15, 0.2) is 6.10 Å². The van der Waals surface area contributed by atoms with Gasteiger partial charge in [-0.1, -0.05) is 42.2 Å². The number of carbonyl (C=O) groups is 2. The van der Waals surface area contributed by atoms with E-state index in [0.717, 1.165) is 16.7 Å². The van der Waals surface area contributed by atoms with Crippen LogP contribution in [0.25, 0.3) is 6.08 Å². The molecule has 2 rings (SSSR count). The van der Waals surface area contributed by atoms with Gasteiger partial charge in [-0.3, -0.25) is 14.2 Å². The molecule has 0 saturated carbocycles. The lowest BCUT2D eigenvalue weighted by Crippen LogP contribution is -2.32. The van der Waals surface area contributed by atoms with Crippen LogP contribution in [0.3, 0.4) is 0 Å². The molecule has 11 heteroatoms. The van der Waals surface area contributed by atoms with E-state index in [4.69, 9.17) is 26.6 Å². The van der Waals surface area contributed by atoms with Crippen molar-refractivity contribution in [3.8, 4) is 5.75 Å². The summed E-state index contributed by atoms with van der Waals surface area (Å²) in [7, 11) is -4.22. The van der Waals surface area contributed by atoms with Crippen LogP contribution in [0.2, 0.25) is 0 Å². The first-order valence-electron chi connectivity index (χ1n) is 7.27. The molecule has 1 aromatic carbocycles. The fourth-order valence-electron chi connectivity index (χ4n) is 1.99. The third-order valence-electron chi connectivity index (χ3n) is 3.30. The fourth-order valence-corrected chi connectivity index (χ4v) is 3.70.